The Kier molecular flexibility index (Phi) is 37.0. The SMILES string of the molecule is CC(C)(C)c1cc(Cl)cc(OCC2CC2)c1.CC(C)(C)c1ccc(F)c(N2CCNCC2)c1.CC(C)(C)c1ccc(F)c(NC(=O)C2CC2)c1.CC(C)(C)c1ccc(F)c(NCC2CC2)c1.CN(C(=O)C1CC1)c1cc(C(C)(C)C)ccc1F.CN(CC1CC1)c1cc(C(C)(C)C)ccc1F.CN1CCN(c2cc(C(C)(C)C)ccc2F)CC1.[2H]C([2H])(Oc1cc(C(C)(C)C)ccc1F)C1CC1. The minimum absolute atomic E-state index is 0.0133. The van der Waals surface area contributed by atoms with Gasteiger partial charge in [0.2, 0.25) is 11.8 Å². The Hall–Kier alpha value is -8.78. The molecule has 0 atom stereocenters. The fraction of sp³-hybridized carbons (Fsp3) is 0.565. The number of piperazine rings is 2. The van der Waals surface area contributed by atoms with Crippen molar-refractivity contribution >= 4 is 57.5 Å². The lowest BCUT2D eigenvalue weighted by Crippen LogP contribution is -2.44. The molecule has 2 saturated heterocycles. The summed E-state index contributed by atoms with van der Waals surface area (Å²) in [5.41, 5.74) is 12.7. The maximum Gasteiger partial charge on any atom is 0.229 e. The van der Waals surface area contributed by atoms with Crippen molar-refractivity contribution in [2.24, 2.45) is 35.5 Å². The van der Waals surface area contributed by atoms with Crippen LogP contribution in [0.15, 0.2) is 146 Å². The third-order valence-corrected chi connectivity index (χ3v) is 25.8. The maximum absolute atomic E-state index is 14.0. The van der Waals surface area contributed by atoms with Gasteiger partial charge in [-0.1, -0.05) is 220 Å². The van der Waals surface area contributed by atoms with E-state index in [0.29, 0.717) is 17.1 Å². The number of amides is 2. The number of carbonyl (C=O) groups excluding carboxylic acids is 2. The van der Waals surface area contributed by atoms with Gasteiger partial charge < -0.3 is 49.9 Å². The fourth-order valence-corrected chi connectivity index (χ4v) is 15.0. The molecule has 8 aromatic rings. The van der Waals surface area contributed by atoms with Crippen LogP contribution < -0.4 is 45.0 Å². The normalized spacial score (nSPS) is 16.8. The zero-order valence-corrected chi connectivity index (χ0v) is 87.2. The van der Waals surface area contributed by atoms with Gasteiger partial charge in [-0.3, -0.25) is 9.59 Å². The molecule has 2 amide bonds. The summed E-state index contributed by atoms with van der Waals surface area (Å²) >= 11 is 6.11. The number of rotatable bonds is 18. The maximum atomic E-state index is 14.0. The number of hydrogen-bond acceptors (Lipinski definition) is 10. The highest BCUT2D eigenvalue weighted by Gasteiger charge is 2.36. The molecule has 742 valence electrons. The van der Waals surface area contributed by atoms with E-state index < -0.39 is 12.4 Å². The highest BCUT2D eigenvalue weighted by Crippen LogP contribution is 2.42. The number of halogens is 8. The van der Waals surface area contributed by atoms with Crippen molar-refractivity contribution in [3.8, 4) is 11.5 Å². The molecule has 6 aliphatic carbocycles. The van der Waals surface area contributed by atoms with Gasteiger partial charge in [0, 0.05) is 96.4 Å². The van der Waals surface area contributed by atoms with Crippen LogP contribution in [0.4, 0.5) is 64.9 Å². The molecule has 2 aliphatic heterocycles. The van der Waals surface area contributed by atoms with E-state index in [1.807, 2.05) is 88.5 Å². The molecule has 16 rings (SSSR count). The van der Waals surface area contributed by atoms with Gasteiger partial charge in [-0.05, 0) is 299 Å². The molecule has 2 heterocycles. The lowest BCUT2D eigenvalue weighted by atomic mass is 9.86. The van der Waals surface area contributed by atoms with Crippen molar-refractivity contribution < 1.29 is 52.5 Å². The Morgan fingerprint density at radius 3 is 1.21 bits per heavy atom. The standard InChI is InChI=1S/C15H23FN2.C15H20FNO.C15H22FN.C14H19ClO.C14H21FN2.C14H18FNO.C14H20FN.C14H19FO/c1-15(2,3)12-5-6-13(16)14(11-12)18-9-7-17(4)8-10-18;1-15(2,3)11-7-8-12(16)13(9-11)17(4)14(18)10-5-6-10;1-15(2,3)12-7-8-13(16)14(9-12)17(4)10-11-5-6-11;1-14(2,3)11-6-12(15)8-13(7-11)16-9-10-4-5-10;1-14(2,3)11-4-5-12(15)13(10-11)17-8-6-16-7-9-17;1-14(2,3)10-6-7-11(15)12(8-10)16-13(17)9-4-5-9;2*1-14(2,3)11-6-7-12(15)13(8-11)16-9-10-4-5-10/h5-6,11H,7-10H2,1-4H3;7-10H,5-6H2,1-4H3;7-9,11H,5-6,10H2,1-4H3;6-8,10H,4-5,9H2,1-3H3;4-5,10,16H,6-9H2,1-3H3;6-9H,4-5H2,1-3H3,(H,16,17);6-8,10,16H,4-5,9H2,1-3H3;6-8,10H,4-5,9H2,1-3H3/i;;;;;;;9D2. The smallest absolute Gasteiger partial charge is 0.229 e. The number of anilines is 6. The third-order valence-electron chi connectivity index (χ3n) is 25.6. The molecule has 135 heavy (non-hydrogen) atoms. The average Bonchev–Trinajstić information content (AvgIpc) is 1.41. The highest BCUT2D eigenvalue weighted by atomic mass is 35.5. The average molecular weight is 1890 g/mol. The van der Waals surface area contributed by atoms with Crippen LogP contribution in [0.2, 0.25) is 5.02 Å². The number of ether oxygens (including phenoxy) is 2. The summed E-state index contributed by atoms with van der Waals surface area (Å²) in [6, 6.07) is 42.5. The summed E-state index contributed by atoms with van der Waals surface area (Å²) in [7, 11) is 5.76. The van der Waals surface area contributed by atoms with E-state index in [-0.39, 0.29) is 114 Å². The Morgan fingerprint density at radius 1 is 0.400 bits per heavy atom. The molecule has 0 aromatic heterocycles. The Labute approximate surface area is 815 Å². The minimum atomic E-state index is -1.77. The molecular weight excluding hydrogens is 1730 g/mol. The van der Waals surface area contributed by atoms with Crippen molar-refractivity contribution in [1.29, 1.82) is 0 Å². The second-order valence-electron chi connectivity index (χ2n) is 46.7. The van der Waals surface area contributed by atoms with E-state index in [9.17, 15) is 40.3 Å². The van der Waals surface area contributed by atoms with Gasteiger partial charge in [-0.2, -0.15) is 0 Å². The van der Waals surface area contributed by atoms with Crippen molar-refractivity contribution in [3.05, 3.63) is 236 Å². The minimum Gasteiger partial charge on any atom is -0.493 e. The molecule has 0 radical (unpaired) electrons. The zero-order valence-electron chi connectivity index (χ0n) is 88.5. The van der Waals surface area contributed by atoms with Crippen LogP contribution in [0.25, 0.3) is 0 Å². The molecule has 12 nitrogen and oxygen atoms in total. The van der Waals surface area contributed by atoms with Gasteiger partial charge in [-0.25, -0.2) is 30.7 Å². The van der Waals surface area contributed by atoms with Crippen molar-refractivity contribution in [2.75, 3.05) is 130 Å². The molecule has 6 saturated carbocycles. The van der Waals surface area contributed by atoms with Gasteiger partial charge in [-0.15, -0.1) is 0 Å². The number of nitrogens with one attached hydrogen (secondary N) is 3. The predicted molar refractivity (Wildman–Crippen MR) is 552 cm³/mol. The number of likely N-dealkylation sites (N-methyl/N-ethyl adjacent to an activating group) is 1. The van der Waals surface area contributed by atoms with E-state index in [1.165, 1.54) is 89.4 Å². The van der Waals surface area contributed by atoms with Crippen LogP contribution in [0.1, 0.15) is 290 Å². The van der Waals surface area contributed by atoms with Crippen LogP contribution in [0, 0.1) is 76.2 Å². The van der Waals surface area contributed by atoms with Crippen molar-refractivity contribution in [1.82, 2.24) is 10.2 Å². The highest BCUT2D eigenvalue weighted by molar-refractivity contribution is 6.30. The van der Waals surface area contributed by atoms with Crippen LogP contribution in [-0.2, 0) is 52.9 Å². The van der Waals surface area contributed by atoms with E-state index in [4.69, 9.17) is 23.8 Å². The summed E-state index contributed by atoms with van der Waals surface area (Å²) in [4.78, 5) is 33.7. The first-order chi connectivity index (χ1) is 63.5. The zero-order chi connectivity index (χ0) is 102. The number of nitrogens with zero attached hydrogens (tertiary/aromatic N) is 5. The quantitative estimate of drug-likeness (QED) is 0.0720. The fourth-order valence-electron chi connectivity index (χ4n) is 14.8. The predicted octanol–water partition coefficient (Wildman–Crippen LogP) is 28.6. The Balaban J connectivity index is 0.000000175. The van der Waals surface area contributed by atoms with Crippen LogP contribution in [0.3, 0.4) is 0 Å². The van der Waals surface area contributed by atoms with Gasteiger partial charge >= 0.3 is 0 Å². The van der Waals surface area contributed by atoms with E-state index in [1.54, 1.807) is 67.7 Å². The Morgan fingerprint density at radius 2 is 0.778 bits per heavy atom. The topological polar surface area (TPSA) is 105 Å². The summed E-state index contributed by atoms with van der Waals surface area (Å²) in [6.07, 6.45) is 13.1. The molecule has 8 aliphatic rings. The summed E-state index contributed by atoms with van der Waals surface area (Å²) < 4.78 is 123. The van der Waals surface area contributed by atoms with Crippen LogP contribution in [0.5, 0.6) is 11.5 Å². The molecule has 0 spiro atoms. The molecule has 8 fully saturated rings. The monoisotopic (exact) mass is 1890 g/mol. The van der Waals surface area contributed by atoms with Crippen LogP contribution >= 0.6 is 11.6 Å². The first kappa shape index (κ1) is 107. The van der Waals surface area contributed by atoms with E-state index in [2.05, 4.69) is 194 Å². The van der Waals surface area contributed by atoms with Crippen LogP contribution in [-0.4, -0.2) is 116 Å². The first-order valence-corrected chi connectivity index (χ1v) is 49.6. The molecule has 0 bridgehead atoms. The number of carbonyl (C=O) groups is 2. The lowest BCUT2D eigenvalue weighted by molar-refractivity contribution is -0.119. The second-order valence-corrected chi connectivity index (χ2v) is 47.2. The van der Waals surface area contributed by atoms with Gasteiger partial charge in [0.25, 0.3) is 0 Å². The molecule has 20 heteroatoms. The van der Waals surface area contributed by atoms with E-state index in [0.717, 1.165) is 173 Å². The van der Waals surface area contributed by atoms with Gasteiger partial charge in [0.15, 0.2) is 11.6 Å². The summed E-state index contributed by atoms with van der Waals surface area (Å²) in [6.45, 7) is 59.3. The molecule has 3 N–H and O–H groups in total. The second kappa shape index (κ2) is 46.8. The van der Waals surface area contributed by atoms with Gasteiger partial charge in [0.05, 0.1) is 50.0 Å². The molecular formula is C115H162ClF7N8O4. The lowest BCUT2D eigenvalue weighted by Gasteiger charge is -2.35. The number of benzene rings is 8. The Bertz CT molecular complexity index is 5290. The first-order valence-electron chi connectivity index (χ1n) is 50.2. The van der Waals surface area contributed by atoms with E-state index >= 15 is 0 Å². The van der Waals surface area contributed by atoms with Gasteiger partial charge in [0.1, 0.15) is 40.7 Å². The summed E-state index contributed by atoms with van der Waals surface area (Å²) in [5, 5.41) is 9.93. The molecule has 8 aromatic carbocycles. The third kappa shape index (κ3) is 36.2. The molecule has 0 unspecified atom stereocenters. The van der Waals surface area contributed by atoms with Crippen molar-refractivity contribution in [2.45, 2.75) is 287 Å². The van der Waals surface area contributed by atoms with Crippen molar-refractivity contribution in [3.63, 3.8) is 0 Å². The number of hydrogen-bond donors (Lipinski definition) is 3. The summed E-state index contributed by atoms with van der Waals surface area (Å²) in [5.74, 6) is 1.61. The largest absolute Gasteiger partial charge is 0.493 e.